The van der Waals surface area contributed by atoms with Crippen LogP contribution in [0.5, 0.6) is 0 Å². The van der Waals surface area contributed by atoms with E-state index in [1.807, 2.05) is 0 Å². The van der Waals surface area contributed by atoms with E-state index in [-0.39, 0.29) is 24.9 Å². The van der Waals surface area contributed by atoms with Gasteiger partial charge in [0, 0.05) is 6.61 Å². The highest BCUT2D eigenvalue weighted by Gasteiger charge is 2.21. The molecule has 0 bridgehead atoms. The molecule has 0 saturated heterocycles. The lowest BCUT2D eigenvalue weighted by molar-refractivity contribution is -0.873. The van der Waals surface area contributed by atoms with Gasteiger partial charge in [0.15, 0.2) is 0 Å². The molecule has 0 aromatic heterocycles. The van der Waals surface area contributed by atoms with E-state index in [0.29, 0.717) is 6.61 Å². The summed E-state index contributed by atoms with van der Waals surface area (Å²) in [7, 11) is 6.21. The lowest BCUT2D eigenvalue weighted by atomic mass is 10.1. The second-order valence-corrected chi connectivity index (χ2v) is 9.50. The molecule has 0 radical (unpaired) electrons. The third-order valence-corrected chi connectivity index (χ3v) is 5.16. The maximum absolute atomic E-state index is 11.0. The van der Waals surface area contributed by atoms with Gasteiger partial charge in [0.05, 0.1) is 27.6 Å². The average Bonchev–Trinajstić information content (AvgIpc) is 2.62. The fourth-order valence-corrected chi connectivity index (χ4v) is 3.58. The number of aliphatic carboxylic acids is 1. The van der Waals surface area contributed by atoms with Crippen LogP contribution in [0.4, 0.5) is 0 Å². The Morgan fingerprint density at radius 3 is 1.77 bits per heavy atom. The van der Waals surface area contributed by atoms with Crippen molar-refractivity contribution in [2.75, 3.05) is 34.3 Å². The molecule has 0 rings (SSSR count). The highest BCUT2D eigenvalue weighted by Crippen LogP contribution is 2.11. The molecule has 0 aromatic rings. The fraction of sp³-hybridized carbons (Fsp3) is 0.880. The van der Waals surface area contributed by atoms with Gasteiger partial charge in [0.25, 0.3) is 0 Å². The van der Waals surface area contributed by atoms with Crippen LogP contribution >= 0.6 is 0 Å². The van der Waals surface area contributed by atoms with Crippen molar-refractivity contribution >= 4 is 5.97 Å². The molecule has 1 N–H and O–H groups in total. The summed E-state index contributed by atoms with van der Waals surface area (Å²) >= 11 is 0. The molecule has 0 aliphatic carbocycles. The number of carboxylic acids is 1. The summed E-state index contributed by atoms with van der Waals surface area (Å²) in [5.74, 6) is -0.774. The van der Waals surface area contributed by atoms with Gasteiger partial charge >= 0.3 is 5.97 Å². The summed E-state index contributed by atoms with van der Waals surface area (Å²) in [4.78, 5) is 11.0. The number of carbonyl (C=O) groups is 1. The molecule has 0 saturated carbocycles. The molecule has 180 valence electrons. The van der Waals surface area contributed by atoms with E-state index in [1.165, 1.54) is 83.5 Å². The molecule has 0 fully saturated rings. The van der Waals surface area contributed by atoms with Gasteiger partial charge in [-0.1, -0.05) is 76.9 Å². The Labute approximate surface area is 193 Å². The molecule has 0 spiro atoms. The lowest BCUT2D eigenvalue weighted by Crippen LogP contribution is -3.00. The quantitative estimate of drug-likeness (QED) is 0.166. The molecular weight excluding hydrogens is 398 g/mol. The van der Waals surface area contributed by atoms with Crippen LogP contribution in [0.1, 0.15) is 103 Å². The number of unbranched alkanes of at least 4 members (excludes halogenated alkanes) is 12. The number of rotatable bonds is 21. The van der Waals surface area contributed by atoms with Gasteiger partial charge in [-0.2, -0.15) is 0 Å². The fourth-order valence-electron chi connectivity index (χ4n) is 3.58. The van der Waals surface area contributed by atoms with Crippen LogP contribution in [0.25, 0.3) is 0 Å². The average molecular weight is 448 g/mol. The van der Waals surface area contributed by atoms with Crippen LogP contribution < -0.4 is 12.4 Å². The van der Waals surface area contributed by atoms with Crippen molar-refractivity contribution in [1.29, 1.82) is 0 Å². The number of likely N-dealkylation sites (N-methyl/N-ethyl adjacent to an activating group) is 1. The van der Waals surface area contributed by atoms with Crippen molar-refractivity contribution in [3.05, 3.63) is 12.2 Å². The van der Waals surface area contributed by atoms with Crippen LogP contribution in [0, 0.1) is 0 Å². The van der Waals surface area contributed by atoms with Crippen LogP contribution in [-0.2, 0) is 9.53 Å². The second kappa shape index (κ2) is 21.6. The monoisotopic (exact) mass is 447 g/mol. The molecule has 0 heterocycles. The Hall–Kier alpha value is -0.580. The smallest absolute Gasteiger partial charge is 0.306 e. The minimum absolute atomic E-state index is 0. The maximum Gasteiger partial charge on any atom is 0.306 e. The Kier molecular flexibility index (Phi) is 22.8. The van der Waals surface area contributed by atoms with Crippen molar-refractivity contribution in [3.63, 3.8) is 0 Å². The first kappa shape index (κ1) is 31.6. The Morgan fingerprint density at radius 2 is 1.30 bits per heavy atom. The summed E-state index contributed by atoms with van der Waals surface area (Å²) in [5.41, 5.74) is 0. The van der Waals surface area contributed by atoms with Gasteiger partial charge in [-0.05, 0) is 32.1 Å². The van der Waals surface area contributed by atoms with E-state index in [0.717, 1.165) is 17.4 Å². The standard InChI is InChI=1S/C25H49NO3.ClH/c1-5-6-7-8-9-10-11-12-13-14-15-16-17-18-19-20-21-29-24(22-25(27)28)23-26(2,3)4;/h12-13,24H,5-11,14-23H2,1-4H3;1H/b13-12-;/t24-;/m1./s1. The number of carboxylic acid groups (broad SMARTS) is 1. The van der Waals surface area contributed by atoms with E-state index in [4.69, 9.17) is 9.84 Å². The van der Waals surface area contributed by atoms with Crippen LogP contribution in [0.15, 0.2) is 12.2 Å². The molecule has 0 aliphatic heterocycles. The number of halogens is 1. The van der Waals surface area contributed by atoms with Gasteiger partial charge in [-0.3, -0.25) is 4.79 Å². The normalized spacial score (nSPS) is 12.8. The number of hydrogen-bond donors (Lipinski definition) is 1. The Balaban J connectivity index is 0. The highest BCUT2D eigenvalue weighted by atomic mass is 35.5. The summed E-state index contributed by atoms with van der Waals surface area (Å²) in [6, 6.07) is 0. The first-order chi connectivity index (χ1) is 13.8. The minimum Gasteiger partial charge on any atom is -1.00 e. The third-order valence-electron chi connectivity index (χ3n) is 5.16. The first-order valence-electron chi connectivity index (χ1n) is 12.1. The molecule has 5 heteroatoms. The Morgan fingerprint density at radius 1 is 0.833 bits per heavy atom. The van der Waals surface area contributed by atoms with Gasteiger partial charge in [-0.25, -0.2) is 0 Å². The molecule has 0 aromatic carbocycles. The van der Waals surface area contributed by atoms with Crippen LogP contribution in [0.3, 0.4) is 0 Å². The van der Waals surface area contributed by atoms with Crippen molar-refractivity contribution in [1.82, 2.24) is 0 Å². The first-order valence-corrected chi connectivity index (χ1v) is 12.1. The van der Waals surface area contributed by atoms with E-state index >= 15 is 0 Å². The highest BCUT2D eigenvalue weighted by molar-refractivity contribution is 5.67. The zero-order valence-electron chi connectivity index (χ0n) is 20.3. The predicted octanol–water partition coefficient (Wildman–Crippen LogP) is 3.59. The topological polar surface area (TPSA) is 46.5 Å². The molecular formula is C25H50ClNO3. The van der Waals surface area contributed by atoms with Crippen LogP contribution in [0.2, 0.25) is 0 Å². The predicted molar refractivity (Wildman–Crippen MR) is 124 cm³/mol. The third kappa shape index (κ3) is 25.5. The summed E-state index contributed by atoms with van der Waals surface area (Å²) in [5, 5.41) is 9.03. The maximum atomic E-state index is 11.0. The minimum atomic E-state index is -0.774. The molecule has 0 aliphatic rings. The summed E-state index contributed by atoms with van der Waals surface area (Å²) in [6.45, 7) is 3.68. The molecule has 30 heavy (non-hydrogen) atoms. The molecule has 0 amide bonds. The van der Waals surface area contributed by atoms with E-state index in [9.17, 15) is 4.79 Å². The van der Waals surface area contributed by atoms with Gasteiger partial charge < -0.3 is 26.7 Å². The lowest BCUT2D eigenvalue weighted by Gasteiger charge is -2.28. The zero-order valence-corrected chi connectivity index (χ0v) is 21.1. The van der Waals surface area contributed by atoms with Crippen molar-refractivity contribution in [2.45, 2.75) is 109 Å². The van der Waals surface area contributed by atoms with Crippen molar-refractivity contribution in [3.8, 4) is 0 Å². The van der Waals surface area contributed by atoms with E-state index < -0.39 is 5.97 Å². The molecule has 4 nitrogen and oxygen atoms in total. The number of nitrogens with zero attached hydrogens (tertiary/aromatic N) is 1. The van der Waals surface area contributed by atoms with E-state index in [2.05, 4.69) is 40.2 Å². The largest absolute Gasteiger partial charge is 1.00 e. The number of ether oxygens (including phenoxy) is 1. The summed E-state index contributed by atoms with van der Waals surface area (Å²) < 4.78 is 6.57. The van der Waals surface area contributed by atoms with Crippen LogP contribution in [-0.4, -0.2) is 56.0 Å². The SMILES string of the molecule is CCCCCCCC/C=C\CCCCCCCCO[C@H](CC(=O)O)C[N+](C)(C)C.[Cl-]. The molecule has 1 atom stereocenters. The number of allylic oxidation sites excluding steroid dienone is 2. The van der Waals surface area contributed by atoms with Gasteiger partial charge in [-0.15, -0.1) is 0 Å². The second-order valence-electron chi connectivity index (χ2n) is 9.50. The van der Waals surface area contributed by atoms with E-state index in [1.54, 1.807) is 0 Å². The number of hydrogen-bond acceptors (Lipinski definition) is 2. The van der Waals surface area contributed by atoms with Gasteiger partial charge in [0.1, 0.15) is 12.6 Å². The van der Waals surface area contributed by atoms with Crippen molar-refractivity contribution < 1.29 is 31.5 Å². The molecule has 0 unspecified atom stereocenters. The zero-order chi connectivity index (χ0) is 21.8. The number of quaternary nitrogens is 1. The van der Waals surface area contributed by atoms with Gasteiger partial charge in [0.2, 0.25) is 0 Å². The van der Waals surface area contributed by atoms with Crippen molar-refractivity contribution in [2.24, 2.45) is 0 Å². The summed E-state index contributed by atoms with van der Waals surface area (Å²) in [6.07, 6.45) is 22.8. The Bertz CT molecular complexity index is 408.